The van der Waals surface area contributed by atoms with Gasteiger partial charge in [0.15, 0.2) is 0 Å². The van der Waals surface area contributed by atoms with E-state index in [2.05, 4.69) is 26.0 Å². The zero-order valence-corrected chi connectivity index (χ0v) is 19.4. The van der Waals surface area contributed by atoms with Crippen molar-refractivity contribution < 1.29 is 13.2 Å². The first kappa shape index (κ1) is 21.2. The second-order valence-electron chi connectivity index (χ2n) is 8.05. The molecule has 0 radical (unpaired) electrons. The molecule has 2 aromatic carbocycles. The van der Waals surface area contributed by atoms with E-state index >= 15 is 0 Å². The molecule has 160 valence electrons. The van der Waals surface area contributed by atoms with Crippen molar-refractivity contribution in [2.75, 3.05) is 16.2 Å². The molecule has 0 atom stereocenters. The number of halogens is 1. The monoisotopic (exact) mass is 491 g/mol. The third-order valence-electron chi connectivity index (χ3n) is 5.84. The van der Waals surface area contributed by atoms with E-state index in [1.165, 1.54) is 6.42 Å². The molecule has 30 heavy (non-hydrogen) atoms. The van der Waals surface area contributed by atoms with Crippen LogP contribution in [0.5, 0.6) is 0 Å². The Hall–Kier alpha value is -2.06. The molecule has 0 spiro atoms. The molecule has 2 aliphatic rings. The van der Waals surface area contributed by atoms with E-state index in [1.807, 2.05) is 13.0 Å². The summed E-state index contributed by atoms with van der Waals surface area (Å²) in [4.78, 5) is 14.7. The number of anilines is 2. The first-order valence-electron chi connectivity index (χ1n) is 10.3. The topological polar surface area (TPSA) is 78.5 Å². The van der Waals surface area contributed by atoms with Crippen LogP contribution in [0.2, 0.25) is 0 Å². The maximum Gasteiger partial charge on any atom is 0.322 e. The van der Waals surface area contributed by atoms with Crippen molar-refractivity contribution in [3.05, 3.63) is 52.0 Å². The molecule has 4 rings (SSSR count). The molecule has 1 saturated carbocycles. The summed E-state index contributed by atoms with van der Waals surface area (Å²) in [6, 6.07) is 10.5. The molecule has 0 saturated heterocycles. The zero-order valence-electron chi connectivity index (χ0n) is 16.9. The second-order valence-corrected chi connectivity index (χ2v) is 10.6. The lowest BCUT2D eigenvalue weighted by molar-refractivity contribution is 0.238. The Morgan fingerprint density at radius 2 is 1.87 bits per heavy atom. The van der Waals surface area contributed by atoms with Crippen LogP contribution < -0.4 is 14.9 Å². The predicted molar refractivity (Wildman–Crippen MR) is 123 cm³/mol. The molecule has 8 heteroatoms. The highest BCUT2D eigenvalue weighted by Crippen LogP contribution is 2.31. The lowest BCUT2D eigenvalue weighted by Crippen LogP contribution is -2.45. The maximum absolute atomic E-state index is 12.9. The molecule has 1 aliphatic carbocycles. The SMILES string of the molecule is Cc1cc(NS(=O)(=O)c2ccc3c(c2)CCN3C(=O)NC2CCCCC2)ccc1Br. The molecular formula is C22H26BrN3O3S. The summed E-state index contributed by atoms with van der Waals surface area (Å²) in [6.45, 7) is 2.47. The predicted octanol–water partition coefficient (Wildman–Crippen LogP) is 4.96. The Morgan fingerprint density at radius 1 is 1.10 bits per heavy atom. The van der Waals surface area contributed by atoms with Gasteiger partial charge in [0.25, 0.3) is 10.0 Å². The number of sulfonamides is 1. The van der Waals surface area contributed by atoms with Crippen molar-refractivity contribution in [1.82, 2.24) is 5.32 Å². The number of aryl methyl sites for hydroxylation is 1. The van der Waals surface area contributed by atoms with Gasteiger partial charge in [-0.25, -0.2) is 13.2 Å². The summed E-state index contributed by atoms with van der Waals surface area (Å²) in [5, 5.41) is 3.14. The largest absolute Gasteiger partial charge is 0.335 e. The fourth-order valence-electron chi connectivity index (χ4n) is 4.18. The highest BCUT2D eigenvalue weighted by Gasteiger charge is 2.28. The van der Waals surface area contributed by atoms with E-state index in [4.69, 9.17) is 0 Å². The van der Waals surface area contributed by atoms with E-state index in [0.717, 1.165) is 47.0 Å². The zero-order chi connectivity index (χ0) is 21.3. The van der Waals surface area contributed by atoms with E-state index in [9.17, 15) is 13.2 Å². The average Bonchev–Trinajstić information content (AvgIpc) is 3.15. The van der Waals surface area contributed by atoms with Gasteiger partial charge in [-0.05, 0) is 73.7 Å². The van der Waals surface area contributed by atoms with Gasteiger partial charge in [0.1, 0.15) is 0 Å². The minimum absolute atomic E-state index is 0.0836. The Morgan fingerprint density at radius 3 is 2.60 bits per heavy atom. The van der Waals surface area contributed by atoms with Gasteiger partial charge in [0.05, 0.1) is 4.90 Å². The molecule has 1 heterocycles. The molecule has 1 aliphatic heterocycles. The van der Waals surface area contributed by atoms with Crippen LogP contribution in [0, 0.1) is 6.92 Å². The minimum Gasteiger partial charge on any atom is -0.335 e. The van der Waals surface area contributed by atoms with Crippen molar-refractivity contribution in [3.63, 3.8) is 0 Å². The molecule has 0 unspecified atom stereocenters. The van der Waals surface area contributed by atoms with E-state index in [0.29, 0.717) is 18.7 Å². The number of benzene rings is 2. The van der Waals surface area contributed by atoms with Gasteiger partial charge < -0.3 is 5.32 Å². The van der Waals surface area contributed by atoms with Crippen LogP contribution in [0.4, 0.5) is 16.2 Å². The molecule has 0 bridgehead atoms. The van der Waals surface area contributed by atoms with Crippen LogP contribution in [0.25, 0.3) is 0 Å². The third-order valence-corrected chi connectivity index (χ3v) is 8.11. The van der Waals surface area contributed by atoms with Crippen molar-refractivity contribution in [2.45, 2.75) is 56.4 Å². The van der Waals surface area contributed by atoms with Gasteiger partial charge in [0.2, 0.25) is 0 Å². The Bertz CT molecular complexity index is 1070. The lowest BCUT2D eigenvalue weighted by atomic mass is 9.96. The number of hydrogen-bond acceptors (Lipinski definition) is 3. The van der Waals surface area contributed by atoms with Gasteiger partial charge in [-0.1, -0.05) is 35.2 Å². The first-order valence-corrected chi connectivity index (χ1v) is 12.6. The minimum atomic E-state index is -3.71. The molecule has 6 nitrogen and oxygen atoms in total. The number of carbonyl (C=O) groups is 1. The number of rotatable bonds is 4. The maximum atomic E-state index is 12.9. The van der Waals surface area contributed by atoms with Crippen molar-refractivity contribution in [2.24, 2.45) is 0 Å². The normalized spacial score (nSPS) is 16.9. The molecule has 0 aromatic heterocycles. The quantitative estimate of drug-likeness (QED) is 0.633. The van der Waals surface area contributed by atoms with E-state index in [1.54, 1.807) is 35.2 Å². The molecule has 1 fully saturated rings. The number of fused-ring (bicyclic) bond motifs is 1. The van der Waals surface area contributed by atoms with Crippen molar-refractivity contribution in [1.29, 1.82) is 0 Å². The Balaban J connectivity index is 1.49. The first-order chi connectivity index (χ1) is 14.3. The Kier molecular flexibility index (Phi) is 6.06. The number of nitrogens with zero attached hydrogens (tertiary/aromatic N) is 1. The van der Waals surface area contributed by atoms with Gasteiger partial charge in [-0.15, -0.1) is 0 Å². The van der Waals surface area contributed by atoms with Gasteiger partial charge in [-0.2, -0.15) is 0 Å². The summed E-state index contributed by atoms with van der Waals surface area (Å²) in [6.07, 6.45) is 6.27. The third kappa shape index (κ3) is 4.49. The smallest absolute Gasteiger partial charge is 0.322 e. The van der Waals surface area contributed by atoms with E-state index in [-0.39, 0.29) is 17.0 Å². The number of amides is 2. The summed E-state index contributed by atoms with van der Waals surface area (Å²) in [5.74, 6) is 0. The molecule has 2 N–H and O–H groups in total. The van der Waals surface area contributed by atoms with Crippen LogP contribution in [0.1, 0.15) is 43.2 Å². The van der Waals surface area contributed by atoms with Crippen molar-refractivity contribution >= 4 is 43.4 Å². The van der Waals surface area contributed by atoms with Crippen LogP contribution in [-0.4, -0.2) is 27.0 Å². The summed E-state index contributed by atoms with van der Waals surface area (Å²) in [5.41, 5.74) is 3.14. The molecule has 2 aromatic rings. The summed E-state index contributed by atoms with van der Waals surface area (Å²) in [7, 11) is -3.71. The van der Waals surface area contributed by atoms with E-state index < -0.39 is 10.0 Å². The van der Waals surface area contributed by atoms with Crippen LogP contribution in [-0.2, 0) is 16.4 Å². The Labute approximate surface area is 186 Å². The average molecular weight is 492 g/mol. The molecule has 2 amide bonds. The highest BCUT2D eigenvalue weighted by atomic mass is 79.9. The van der Waals surface area contributed by atoms with Crippen molar-refractivity contribution in [3.8, 4) is 0 Å². The van der Waals surface area contributed by atoms with Gasteiger partial charge in [0, 0.05) is 28.4 Å². The summed E-state index contributed by atoms with van der Waals surface area (Å²) < 4.78 is 29.3. The number of urea groups is 1. The standard InChI is InChI=1S/C22H26BrN3O3S/c1-15-13-18(7-9-20(15)23)25-30(28,29)19-8-10-21-16(14-19)11-12-26(21)22(27)24-17-5-3-2-4-6-17/h7-10,13-14,17,25H,2-6,11-12H2,1H3,(H,24,27). The molecular weight excluding hydrogens is 466 g/mol. The van der Waals surface area contributed by atoms with Crippen LogP contribution in [0.15, 0.2) is 45.8 Å². The fraction of sp³-hybridized carbons (Fsp3) is 0.409. The fourth-order valence-corrected chi connectivity index (χ4v) is 5.52. The highest BCUT2D eigenvalue weighted by molar-refractivity contribution is 9.10. The number of nitrogens with one attached hydrogen (secondary N) is 2. The number of carbonyl (C=O) groups excluding carboxylic acids is 1. The van der Waals surface area contributed by atoms with Crippen LogP contribution >= 0.6 is 15.9 Å². The van der Waals surface area contributed by atoms with Gasteiger partial charge in [-0.3, -0.25) is 9.62 Å². The summed E-state index contributed by atoms with van der Waals surface area (Å²) >= 11 is 3.42. The number of hydrogen-bond donors (Lipinski definition) is 2. The lowest BCUT2D eigenvalue weighted by Gasteiger charge is -2.26. The second kappa shape index (κ2) is 8.59. The van der Waals surface area contributed by atoms with Gasteiger partial charge >= 0.3 is 6.03 Å². The van der Waals surface area contributed by atoms with Crippen LogP contribution in [0.3, 0.4) is 0 Å².